The first kappa shape index (κ1) is 13.1. The summed E-state index contributed by atoms with van der Waals surface area (Å²) in [5.74, 6) is -1.93. The molecule has 1 aliphatic heterocycles. The number of halogens is 2. The number of rotatable bonds is 3. The van der Waals surface area contributed by atoms with Crippen molar-refractivity contribution in [2.75, 3.05) is 13.1 Å². The van der Waals surface area contributed by atoms with Crippen molar-refractivity contribution in [2.24, 2.45) is 5.92 Å². The summed E-state index contributed by atoms with van der Waals surface area (Å²) in [5, 5.41) is 3.21. The molecule has 0 atom stereocenters. The quantitative estimate of drug-likeness (QED) is 0.839. The van der Waals surface area contributed by atoms with Gasteiger partial charge in [0.05, 0.1) is 5.56 Å². The summed E-state index contributed by atoms with van der Waals surface area (Å²) < 4.78 is 27.1. The van der Waals surface area contributed by atoms with Crippen molar-refractivity contribution in [1.29, 1.82) is 0 Å². The Hall–Kier alpha value is -1.29. The lowest BCUT2D eigenvalue weighted by Gasteiger charge is -2.21. The van der Waals surface area contributed by atoms with Gasteiger partial charge in [-0.15, -0.1) is 0 Å². The zero-order chi connectivity index (χ0) is 13.1. The normalized spacial score (nSPS) is 16.8. The first-order chi connectivity index (χ1) is 8.59. The minimum atomic E-state index is -1.01. The van der Waals surface area contributed by atoms with Crippen LogP contribution in [0.25, 0.3) is 0 Å². The monoisotopic (exact) mass is 253 g/mol. The van der Waals surface area contributed by atoms with Crippen LogP contribution in [0, 0.1) is 24.5 Å². The Kier molecular flexibility index (Phi) is 4.07. The second-order valence-corrected chi connectivity index (χ2v) is 4.88. The molecule has 0 radical (unpaired) electrons. The highest BCUT2D eigenvalue weighted by atomic mass is 19.2. The van der Waals surface area contributed by atoms with Crippen LogP contribution in [0.5, 0.6) is 0 Å². The zero-order valence-corrected chi connectivity index (χ0v) is 10.4. The molecule has 1 aromatic rings. The van der Waals surface area contributed by atoms with Gasteiger partial charge in [0, 0.05) is 6.42 Å². The van der Waals surface area contributed by atoms with E-state index >= 15 is 0 Å². The summed E-state index contributed by atoms with van der Waals surface area (Å²) in [4.78, 5) is 12.0. The van der Waals surface area contributed by atoms with Crippen LogP contribution in [0.2, 0.25) is 0 Å². The van der Waals surface area contributed by atoms with Gasteiger partial charge in [-0.2, -0.15) is 0 Å². The highest BCUT2D eigenvalue weighted by molar-refractivity contribution is 5.96. The SMILES string of the molecule is Cc1ccc(C(=O)CC2CCNCC2)c(F)c1F. The van der Waals surface area contributed by atoms with E-state index in [1.54, 1.807) is 0 Å². The third-order valence-corrected chi connectivity index (χ3v) is 3.51. The van der Waals surface area contributed by atoms with Gasteiger partial charge in [-0.3, -0.25) is 4.79 Å². The molecule has 1 aromatic carbocycles. The molecule has 0 unspecified atom stereocenters. The number of nitrogens with one attached hydrogen (secondary N) is 1. The van der Waals surface area contributed by atoms with Gasteiger partial charge in [0.2, 0.25) is 0 Å². The minimum absolute atomic E-state index is 0.114. The Balaban J connectivity index is 2.11. The van der Waals surface area contributed by atoms with Crippen molar-refractivity contribution in [1.82, 2.24) is 5.32 Å². The Morgan fingerprint density at radius 3 is 2.61 bits per heavy atom. The molecule has 1 fully saturated rings. The average Bonchev–Trinajstić information content (AvgIpc) is 2.37. The van der Waals surface area contributed by atoms with E-state index in [0.717, 1.165) is 25.9 Å². The zero-order valence-electron chi connectivity index (χ0n) is 10.4. The molecule has 98 valence electrons. The summed E-state index contributed by atoms with van der Waals surface area (Å²) in [6.07, 6.45) is 2.14. The molecule has 1 saturated heterocycles. The second kappa shape index (κ2) is 5.57. The number of piperidine rings is 1. The number of carbonyl (C=O) groups is 1. The van der Waals surface area contributed by atoms with Gasteiger partial charge in [0.15, 0.2) is 17.4 Å². The molecule has 2 nitrogen and oxygen atoms in total. The van der Waals surface area contributed by atoms with Crippen LogP contribution < -0.4 is 5.32 Å². The number of benzene rings is 1. The Labute approximate surface area is 105 Å². The average molecular weight is 253 g/mol. The van der Waals surface area contributed by atoms with E-state index < -0.39 is 11.6 Å². The lowest BCUT2D eigenvalue weighted by molar-refractivity contribution is 0.0947. The molecular formula is C14H17F2NO. The minimum Gasteiger partial charge on any atom is -0.317 e. The van der Waals surface area contributed by atoms with E-state index in [2.05, 4.69) is 5.32 Å². The molecule has 0 saturated carbocycles. The number of hydrogen-bond donors (Lipinski definition) is 1. The molecule has 4 heteroatoms. The van der Waals surface area contributed by atoms with Crippen LogP contribution in [0.4, 0.5) is 8.78 Å². The number of Topliss-reactive ketones (excluding diaryl/α,β-unsaturated/α-hetero) is 1. The molecule has 0 amide bonds. The molecule has 18 heavy (non-hydrogen) atoms. The summed E-state index contributed by atoms with van der Waals surface area (Å²) in [7, 11) is 0. The van der Waals surface area contributed by atoms with Gasteiger partial charge < -0.3 is 5.32 Å². The van der Waals surface area contributed by atoms with Crippen molar-refractivity contribution in [3.63, 3.8) is 0 Å². The molecule has 0 bridgehead atoms. The molecule has 0 spiro atoms. The van der Waals surface area contributed by atoms with Crippen molar-refractivity contribution >= 4 is 5.78 Å². The molecule has 2 rings (SSSR count). The van der Waals surface area contributed by atoms with Gasteiger partial charge >= 0.3 is 0 Å². The summed E-state index contributed by atoms with van der Waals surface area (Å²) in [5.41, 5.74) is 0.113. The molecule has 0 aliphatic carbocycles. The van der Waals surface area contributed by atoms with Gasteiger partial charge in [-0.05, 0) is 50.4 Å². The number of hydrogen-bond acceptors (Lipinski definition) is 2. The van der Waals surface area contributed by atoms with Crippen molar-refractivity contribution in [2.45, 2.75) is 26.2 Å². The van der Waals surface area contributed by atoms with Crippen LogP contribution in [0.15, 0.2) is 12.1 Å². The smallest absolute Gasteiger partial charge is 0.169 e. The van der Waals surface area contributed by atoms with Gasteiger partial charge in [0.1, 0.15) is 0 Å². The maximum atomic E-state index is 13.7. The predicted octanol–water partition coefficient (Wildman–Crippen LogP) is 2.85. The van der Waals surface area contributed by atoms with Crippen LogP contribution >= 0.6 is 0 Å². The van der Waals surface area contributed by atoms with E-state index in [1.165, 1.54) is 19.1 Å². The van der Waals surface area contributed by atoms with Crippen LogP contribution in [-0.2, 0) is 0 Å². The van der Waals surface area contributed by atoms with Crippen LogP contribution in [0.1, 0.15) is 35.2 Å². The standard InChI is InChI=1S/C14H17F2NO/c1-9-2-3-11(14(16)13(9)15)12(18)8-10-4-6-17-7-5-10/h2-3,10,17H,4-8H2,1H3. The van der Waals surface area contributed by atoms with Gasteiger partial charge in [0.25, 0.3) is 0 Å². The maximum absolute atomic E-state index is 13.7. The Morgan fingerprint density at radius 1 is 1.28 bits per heavy atom. The molecule has 0 aromatic heterocycles. The molecule has 1 heterocycles. The fourth-order valence-electron chi connectivity index (χ4n) is 2.32. The van der Waals surface area contributed by atoms with E-state index in [4.69, 9.17) is 0 Å². The van der Waals surface area contributed by atoms with Gasteiger partial charge in [-0.25, -0.2) is 8.78 Å². The van der Waals surface area contributed by atoms with E-state index in [9.17, 15) is 13.6 Å². The summed E-state index contributed by atoms with van der Waals surface area (Å²) in [6.45, 7) is 3.27. The van der Waals surface area contributed by atoms with E-state index in [-0.39, 0.29) is 22.8 Å². The molecular weight excluding hydrogens is 236 g/mol. The fraction of sp³-hybridized carbons (Fsp3) is 0.500. The third kappa shape index (κ3) is 2.75. The topological polar surface area (TPSA) is 29.1 Å². The molecule has 1 N–H and O–H groups in total. The highest BCUT2D eigenvalue weighted by Crippen LogP contribution is 2.22. The molecule has 1 aliphatic rings. The fourth-order valence-corrected chi connectivity index (χ4v) is 2.32. The number of carbonyl (C=O) groups excluding carboxylic acids is 1. The second-order valence-electron chi connectivity index (χ2n) is 4.88. The van der Waals surface area contributed by atoms with Crippen molar-refractivity contribution in [3.8, 4) is 0 Å². The van der Waals surface area contributed by atoms with Crippen LogP contribution in [-0.4, -0.2) is 18.9 Å². The van der Waals surface area contributed by atoms with Gasteiger partial charge in [-0.1, -0.05) is 6.07 Å². The first-order valence-corrected chi connectivity index (χ1v) is 6.28. The maximum Gasteiger partial charge on any atom is 0.169 e. The Bertz CT molecular complexity index is 453. The number of ketones is 1. The summed E-state index contributed by atoms with van der Waals surface area (Å²) >= 11 is 0. The Morgan fingerprint density at radius 2 is 1.94 bits per heavy atom. The third-order valence-electron chi connectivity index (χ3n) is 3.51. The predicted molar refractivity (Wildman–Crippen MR) is 65.6 cm³/mol. The lowest BCUT2D eigenvalue weighted by Crippen LogP contribution is -2.29. The first-order valence-electron chi connectivity index (χ1n) is 6.28. The van der Waals surface area contributed by atoms with Crippen LogP contribution in [0.3, 0.4) is 0 Å². The van der Waals surface area contributed by atoms with Crippen molar-refractivity contribution < 1.29 is 13.6 Å². The number of aryl methyl sites for hydroxylation is 1. The largest absolute Gasteiger partial charge is 0.317 e. The van der Waals surface area contributed by atoms with E-state index in [1.807, 2.05) is 0 Å². The van der Waals surface area contributed by atoms with E-state index in [0.29, 0.717) is 6.42 Å². The lowest BCUT2D eigenvalue weighted by atomic mass is 9.90. The van der Waals surface area contributed by atoms with Crippen molar-refractivity contribution in [3.05, 3.63) is 34.9 Å². The highest BCUT2D eigenvalue weighted by Gasteiger charge is 2.21. The summed E-state index contributed by atoms with van der Waals surface area (Å²) in [6, 6.07) is 2.84.